The topological polar surface area (TPSA) is 29.1 Å². The van der Waals surface area contributed by atoms with Crippen molar-refractivity contribution < 1.29 is 13.6 Å². The molecule has 2 nitrogen and oxygen atoms in total. The van der Waals surface area contributed by atoms with Gasteiger partial charge in [0.1, 0.15) is 0 Å². The van der Waals surface area contributed by atoms with Crippen molar-refractivity contribution in [3.8, 4) is 0 Å². The van der Waals surface area contributed by atoms with Gasteiger partial charge < -0.3 is 5.32 Å². The fourth-order valence-corrected chi connectivity index (χ4v) is 3.03. The Labute approximate surface area is 119 Å². The summed E-state index contributed by atoms with van der Waals surface area (Å²) in [5.74, 6) is -3.53. The standard InChI is InChI=1S/C14H24ClF2NO/c1-13(2,3)8-11(15)9-18-12(19)10-5-4-6-14(16,17)7-10/h10-11H,4-9H2,1-3H3,(H,18,19). The highest BCUT2D eigenvalue weighted by Crippen LogP contribution is 2.36. The van der Waals surface area contributed by atoms with Gasteiger partial charge in [0, 0.05) is 25.3 Å². The fraction of sp³-hybridized carbons (Fsp3) is 0.929. The van der Waals surface area contributed by atoms with E-state index in [1.807, 2.05) is 0 Å². The normalized spacial score (nSPS) is 24.8. The van der Waals surface area contributed by atoms with Crippen LogP contribution in [0.3, 0.4) is 0 Å². The molecule has 0 saturated heterocycles. The van der Waals surface area contributed by atoms with Gasteiger partial charge in [-0.1, -0.05) is 20.8 Å². The van der Waals surface area contributed by atoms with Gasteiger partial charge in [-0.3, -0.25) is 4.79 Å². The Kier molecular flexibility index (Phi) is 5.60. The minimum atomic E-state index is -2.69. The lowest BCUT2D eigenvalue weighted by molar-refractivity contribution is -0.132. The third kappa shape index (κ3) is 6.55. The molecule has 0 radical (unpaired) electrons. The molecule has 5 heteroatoms. The third-order valence-electron chi connectivity index (χ3n) is 3.34. The second-order valence-electron chi connectivity index (χ2n) is 6.76. The number of hydrogen-bond donors (Lipinski definition) is 1. The smallest absolute Gasteiger partial charge is 0.248 e. The van der Waals surface area contributed by atoms with Crippen LogP contribution in [-0.2, 0) is 4.79 Å². The summed E-state index contributed by atoms with van der Waals surface area (Å²) in [6.07, 6.45) is 1.31. The number of carbonyl (C=O) groups is 1. The van der Waals surface area contributed by atoms with Gasteiger partial charge in [-0.05, 0) is 24.7 Å². The van der Waals surface area contributed by atoms with Crippen LogP contribution in [0.2, 0.25) is 0 Å². The van der Waals surface area contributed by atoms with E-state index in [1.165, 1.54) is 0 Å². The molecule has 0 heterocycles. The van der Waals surface area contributed by atoms with E-state index < -0.39 is 11.8 Å². The molecule has 1 N–H and O–H groups in total. The molecule has 112 valence electrons. The molecule has 0 aromatic carbocycles. The van der Waals surface area contributed by atoms with Gasteiger partial charge in [0.2, 0.25) is 11.8 Å². The zero-order valence-corrected chi connectivity index (χ0v) is 12.7. The molecular weight excluding hydrogens is 272 g/mol. The monoisotopic (exact) mass is 295 g/mol. The second kappa shape index (κ2) is 6.38. The van der Waals surface area contributed by atoms with Crippen molar-refractivity contribution >= 4 is 17.5 Å². The molecule has 1 aliphatic carbocycles. The van der Waals surface area contributed by atoms with Crippen molar-refractivity contribution in [2.75, 3.05) is 6.54 Å². The van der Waals surface area contributed by atoms with Crippen LogP contribution in [0.1, 0.15) is 52.9 Å². The first-order valence-electron chi connectivity index (χ1n) is 6.89. The number of carbonyl (C=O) groups excluding carboxylic acids is 1. The summed E-state index contributed by atoms with van der Waals surface area (Å²) in [7, 11) is 0. The van der Waals surface area contributed by atoms with Crippen molar-refractivity contribution in [2.45, 2.75) is 64.2 Å². The lowest BCUT2D eigenvalue weighted by Crippen LogP contribution is -2.40. The fourth-order valence-electron chi connectivity index (χ4n) is 2.49. The van der Waals surface area contributed by atoms with Crippen molar-refractivity contribution in [1.29, 1.82) is 0 Å². The molecule has 2 atom stereocenters. The molecule has 0 bridgehead atoms. The molecule has 0 aromatic heterocycles. The predicted molar refractivity (Wildman–Crippen MR) is 73.6 cm³/mol. The van der Waals surface area contributed by atoms with Gasteiger partial charge in [0.15, 0.2) is 0 Å². The summed E-state index contributed by atoms with van der Waals surface area (Å²) in [5, 5.41) is 2.55. The largest absolute Gasteiger partial charge is 0.354 e. The number of hydrogen-bond acceptors (Lipinski definition) is 1. The van der Waals surface area contributed by atoms with E-state index in [1.54, 1.807) is 0 Å². The quantitative estimate of drug-likeness (QED) is 0.781. The van der Waals surface area contributed by atoms with Crippen LogP contribution in [-0.4, -0.2) is 23.8 Å². The minimum Gasteiger partial charge on any atom is -0.354 e. The average Bonchev–Trinajstić information content (AvgIpc) is 2.22. The Hall–Kier alpha value is -0.380. The van der Waals surface area contributed by atoms with E-state index in [0.29, 0.717) is 19.4 Å². The number of alkyl halides is 3. The van der Waals surface area contributed by atoms with Crippen LogP contribution >= 0.6 is 11.6 Å². The maximum absolute atomic E-state index is 13.2. The Balaban J connectivity index is 2.35. The van der Waals surface area contributed by atoms with E-state index in [2.05, 4.69) is 26.1 Å². The number of halogens is 3. The number of amides is 1. The Morgan fingerprint density at radius 3 is 2.63 bits per heavy atom. The highest BCUT2D eigenvalue weighted by molar-refractivity contribution is 6.20. The van der Waals surface area contributed by atoms with Crippen LogP contribution in [0.5, 0.6) is 0 Å². The van der Waals surface area contributed by atoms with Crippen LogP contribution < -0.4 is 5.32 Å². The van der Waals surface area contributed by atoms with Crippen molar-refractivity contribution in [3.05, 3.63) is 0 Å². The second-order valence-corrected chi connectivity index (χ2v) is 7.37. The van der Waals surface area contributed by atoms with Gasteiger partial charge in [-0.15, -0.1) is 11.6 Å². The zero-order chi connectivity index (χ0) is 14.7. The lowest BCUT2D eigenvalue weighted by Gasteiger charge is -2.28. The summed E-state index contributed by atoms with van der Waals surface area (Å²) >= 11 is 6.14. The van der Waals surface area contributed by atoms with E-state index in [-0.39, 0.29) is 29.5 Å². The maximum Gasteiger partial charge on any atom is 0.248 e. The first-order chi connectivity index (χ1) is 8.59. The van der Waals surface area contributed by atoms with Crippen molar-refractivity contribution in [2.24, 2.45) is 11.3 Å². The van der Waals surface area contributed by atoms with Crippen LogP contribution in [0.25, 0.3) is 0 Å². The highest BCUT2D eigenvalue weighted by atomic mass is 35.5. The van der Waals surface area contributed by atoms with Gasteiger partial charge in [-0.2, -0.15) is 0 Å². The van der Waals surface area contributed by atoms with Gasteiger partial charge in [-0.25, -0.2) is 8.78 Å². The van der Waals surface area contributed by atoms with Crippen LogP contribution in [0.15, 0.2) is 0 Å². The van der Waals surface area contributed by atoms with Gasteiger partial charge in [0.05, 0.1) is 5.38 Å². The Morgan fingerprint density at radius 2 is 2.11 bits per heavy atom. The third-order valence-corrected chi connectivity index (χ3v) is 3.65. The number of rotatable bonds is 4. The SMILES string of the molecule is CC(C)(C)CC(Cl)CNC(=O)C1CCCC(F)(F)C1. The van der Waals surface area contributed by atoms with Crippen LogP contribution in [0.4, 0.5) is 8.78 Å². The lowest BCUT2D eigenvalue weighted by atomic mass is 9.86. The summed E-state index contributed by atoms with van der Waals surface area (Å²) in [6.45, 7) is 6.57. The summed E-state index contributed by atoms with van der Waals surface area (Å²) in [5.41, 5.74) is 0.0923. The summed E-state index contributed by atoms with van der Waals surface area (Å²) in [6, 6.07) is 0. The molecule has 0 aromatic rings. The molecule has 1 fully saturated rings. The molecule has 0 aliphatic heterocycles. The van der Waals surface area contributed by atoms with Crippen LogP contribution in [0, 0.1) is 11.3 Å². The summed E-state index contributed by atoms with van der Waals surface area (Å²) in [4.78, 5) is 11.9. The minimum absolute atomic E-state index is 0.0923. The Morgan fingerprint density at radius 1 is 1.47 bits per heavy atom. The first kappa shape index (κ1) is 16.7. The molecular formula is C14H24ClF2NO. The predicted octanol–water partition coefficient (Wildman–Crippen LogP) is 3.97. The molecule has 19 heavy (non-hydrogen) atoms. The highest BCUT2D eigenvalue weighted by Gasteiger charge is 2.39. The molecule has 1 saturated carbocycles. The molecule has 1 aliphatic rings. The van der Waals surface area contributed by atoms with E-state index in [9.17, 15) is 13.6 Å². The van der Waals surface area contributed by atoms with E-state index >= 15 is 0 Å². The summed E-state index contributed by atoms with van der Waals surface area (Å²) < 4.78 is 26.5. The molecule has 0 spiro atoms. The Bertz CT molecular complexity index is 315. The first-order valence-corrected chi connectivity index (χ1v) is 7.32. The maximum atomic E-state index is 13.2. The average molecular weight is 296 g/mol. The van der Waals surface area contributed by atoms with Crippen molar-refractivity contribution in [3.63, 3.8) is 0 Å². The number of nitrogens with one attached hydrogen (secondary N) is 1. The van der Waals surface area contributed by atoms with Gasteiger partial charge >= 0.3 is 0 Å². The van der Waals surface area contributed by atoms with Crippen molar-refractivity contribution in [1.82, 2.24) is 5.32 Å². The molecule has 2 unspecified atom stereocenters. The molecule has 1 amide bonds. The van der Waals surface area contributed by atoms with E-state index in [4.69, 9.17) is 11.6 Å². The zero-order valence-electron chi connectivity index (χ0n) is 11.9. The molecule has 1 rings (SSSR count). The van der Waals surface area contributed by atoms with E-state index in [0.717, 1.165) is 6.42 Å². The van der Waals surface area contributed by atoms with Gasteiger partial charge in [0.25, 0.3) is 0 Å².